The van der Waals surface area contributed by atoms with Crippen molar-refractivity contribution >= 4 is 17.6 Å². The predicted octanol–water partition coefficient (Wildman–Crippen LogP) is 4.82. The predicted molar refractivity (Wildman–Crippen MR) is 131 cm³/mol. The molecule has 206 valence electrons. The normalized spacial score (nSPS) is 14.9. The Kier molecular flexibility index (Phi) is 8.05. The van der Waals surface area contributed by atoms with E-state index in [1.54, 1.807) is 13.0 Å². The van der Waals surface area contributed by atoms with Crippen LogP contribution >= 0.6 is 0 Å². The van der Waals surface area contributed by atoms with E-state index in [1.807, 2.05) is 0 Å². The first-order valence-corrected chi connectivity index (χ1v) is 11.8. The Bertz CT molecular complexity index is 1390. The molecule has 3 amide bonds. The van der Waals surface area contributed by atoms with E-state index in [4.69, 9.17) is 9.84 Å². The smallest absolute Gasteiger partial charge is 0.325 e. The number of hydrogen-bond acceptors (Lipinski definition) is 4. The Morgan fingerprint density at radius 1 is 0.974 bits per heavy atom. The molecule has 1 aliphatic rings. The Balaban J connectivity index is 1.63. The lowest BCUT2D eigenvalue weighted by Gasteiger charge is -2.39. The fourth-order valence-corrected chi connectivity index (χ4v) is 4.24. The lowest BCUT2D eigenvalue weighted by Crippen LogP contribution is -2.47. The van der Waals surface area contributed by atoms with Crippen molar-refractivity contribution in [2.24, 2.45) is 0 Å². The Hall–Kier alpha value is -4.19. The maximum atomic E-state index is 14.8. The fourth-order valence-electron chi connectivity index (χ4n) is 4.24. The van der Waals surface area contributed by atoms with Gasteiger partial charge in [0.15, 0.2) is 0 Å². The number of hydrogen-bond donors (Lipinski definition) is 2. The minimum absolute atomic E-state index is 0.0138. The van der Waals surface area contributed by atoms with Crippen LogP contribution in [0.5, 0.6) is 5.75 Å². The summed E-state index contributed by atoms with van der Waals surface area (Å²) in [6, 6.07) is 6.21. The highest BCUT2D eigenvalue weighted by atomic mass is 19.2. The van der Waals surface area contributed by atoms with E-state index >= 15 is 0 Å². The van der Waals surface area contributed by atoms with Crippen LogP contribution in [0.25, 0.3) is 0 Å². The third kappa shape index (κ3) is 5.65. The van der Waals surface area contributed by atoms with Gasteiger partial charge in [-0.05, 0) is 24.6 Å². The van der Waals surface area contributed by atoms with Gasteiger partial charge < -0.3 is 20.1 Å². The van der Waals surface area contributed by atoms with Gasteiger partial charge in [0.2, 0.25) is 0 Å². The second-order valence-corrected chi connectivity index (χ2v) is 8.90. The standard InChI is InChI=1S/C27H24F5N3O4/c1-14-18-4-3-15(26(37)33-12-19-21(29)8-16(28)9-22(19)30)7-25(18)35(27(38)34(14)2)13-20-23(31)10-17(11-24(20)32)39-6-5-36/h3-4,7-11,14,36H,5-6,12-13H2,1-2H3,(H,33,37)/t14-/m0/s1. The summed E-state index contributed by atoms with van der Waals surface area (Å²) in [4.78, 5) is 28.5. The van der Waals surface area contributed by atoms with E-state index < -0.39 is 71.3 Å². The number of carbonyl (C=O) groups excluding carboxylic acids is 2. The van der Waals surface area contributed by atoms with Gasteiger partial charge in [0.1, 0.15) is 41.4 Å². The zero-order valence-electron chi connectivity index (χ0n) is 20.9. The molecular weight excluding hydrogens is 525 g/mol. The maximum Gasteiger partial charge on any atom is 0.325 e. The number of amides is 3. The molecule has 0 aromatic heterocycles. The summed E-state index contributed by atoms with van der Waals surface area (Å²) in [6.07, 6.45) is 0. The van der Waals surface area contributed by atoms with Crippen molar-refractivity contribution < 1.29 is 41.4 Å². The van der Waals surface area contributed by atoms with Crippen molar-refractivity contribution in [3.8, 4) is 5.75 Å². The van der Waals surface area contributed by atoms with Crippen LogP contribution in [0.2, 0.25) is 0 Å². The van der Waals surface area contributed by atoms with Gasteiger partial charge in [-0.2, -0.15) is 0 Å². The van der Waals surface area contributed by atoms with Crippen molar-refractivity contribution in [1.82, 2.24) is 10.2 Å². The van der Waals surface area contributed by atoms with Crippen molar-refractivity contribution in [2.45, 2.75) is 26.1 Å². The van der Waals surface area contributed by atoms with Crippen molar-refractivity contribution in [3.05, 3.63) is 93.8 Å². The van der Waals surface area contributed by atoms with Crippen LogP contribution in [0.4, 0.5) is 32.4 Å². The van der Waals surface area contributed by atoms with E-state index in [0.29, 0.717) is 17.7 Å². The summed E-state index contributed by atoms with van der Waals surface area (Å²) in [5, 5.41) is 11.2. The van der Waals surface area contributed by atoms with Crippen LogP contribution < -0.4 is 15.0 Å². The monoisotopic (exact) mass is 549 g/mol. The molecule has 3 aromatic carbocycles. The highest BCUT2D eigenvalue weighted by molar-refractivity contribution is 5.99. The van der Waals surface area contributed by atoms with Gasteiger partial charge in [-0.15, -0.1) is 0 Å². The molecule has 0 spiro atoms. The molecule has 0 aliphatic carbocycles. The number of carbonyl (C=O) groups is 2. The number of benzene rings is 3. The highest BCUT2D eigenvalue weighted by Gasteiger charge is 2.35. The third-order valence-electron chi connectivity index (χ3n) is 6.47. The van der Waals surface area contributed by atoms with E-state index in [1.165, 1.54) is 24.1 Å². The number of fused-ring (bicyclic) bond motifs is 1. The fraction of sp³-hybridized carbons (Fsp3) is 0.259. The topological polar surface area (TPSA) is 82.1 Å². The molecular formula is C27H24F5N3O4. The number of anilines is 1. The largest absolute Gasteiger partial charge is 0.491 e. The van der Waals surface area contributed by atoms with Crippen LogP contribution in [0.3, 0.4) is 0 Å². The zero-order chi connectivity index (χ0) is 28.4. The SMILES string of the molecule is C[C@H]1c2ccc(C(=O)NCc3c(F)cc(F)cc3F)cc2N(Cc2c(F)cc(OCCO)cc2F)C(=O)N1C. The molecule has 1 atom stereocenters. The van der Waals surface area contributed by atoms with E-state index in [0.717, 1.165) is 17.0 Å². The molecule has 0 bridgehead atoms. The molecule has 1 heterocycles. The summed E-state index contributed by atoms with van der Waals surface area (Å²) in [5.41, 5.74) is -0.137. The number of nitrogens with zero attached hydrogens (tertiary/aromatic N) is 2. The Labute approximate surface area is 220 Å². The second-order valence-electron chi connectivity index (χ2n) is 8.90. The second kappa shape index (κ2) is 11.3. The zero-order valence-corrected chi connectivity index (χ0v) is 20.9. The van der Waals surface area contributed by atoms with E-state index in [9.17, 15) is 31.5 Å². The highest BCUT2D eigenvalue weighted by Crippen LogP contribution is 2.38. The Morgan fingerprint density at radius 2 is 1.59 bits per heavy atom. The van der Waals surface area contributed by atoms with Crippen LogP contribution in [0.15, 0.2) is 42.5 Å². The van der Waals surface area contributed by atoms with Gasteiger partial charge in [0.25, 0.3) is 5.91 Å². The molecule has 7 nitrogen and oxygen atoms in total. The number of halogens is 5. The number of urea groups is 1. The van der Waals surface area contributed by atoms with Crippen molar-refractivity contribution in [3.63, 3.8) is 0 Å². The minimum Gasteiger partial charge on any atom is -0.491 e. The van der Waals surface area contributed by atoms with Gasteiger partial charge in [0, 0.05) is 54.5 Å². The van der Waals surface area contributed by atoms with Gasteiger partial charge in [-0.3, -0.25) is 9.69 Å². The number of aliphatic hydroxyl groups is 1. The van der Waals surface area contributed by atoms with Crippen molar-refractivity contribution in [1.29, 1.82) is 0 Å². The quantitative estimate of drug-likeness (QED) is 0.395. The first-order valence-electron chi connectivity index (χ1n) is 11.8. The lowest BCUT2D eigenvalue weighted by atomic mass is 9.98. The van der Waals surface area contributed by atoms with Gasteiger partial charge >= 0.3 is 6.03 Å². The summed E-state index contributed by atoms with van der Waals surface area (Å²) < 4.78 is 75.8. The average molecular weight is 549 g/mol. The first-order chi connectivity index (χ1) is 18.5. The maximum absolute atomic E-state index is 14.8. The molecule has 0 saturated heterocycles. The lowest BCUT2D eigenvalue weighted by molar-refractivity contribution is 0.0950. The molecule has 12 heteroatoms. The molecule has 0 radical (unpaired) electrons. The molecule has 1 aliphatic heterocycles. The van der Waals surface area contributed by atoms with Gasteiger partial charge in [-0.1, -0.05) is 6.07 Å². The van der Waals surface area contributed by atoms with Crippen LogP contribution in [-0.4, -0.2) is 42.2 Å². The first kappa shape index (κ1) is 27.8. The number of aliphatic hydroxyl groups excluding tert-OH is 1. The molecule has 39 heavy (non-hydrogen) atoms. The molecule has 2 N–H and O–H groups in total. The molecule has 0 saturated carbocycles. The Morgan fingerprint density at radius 3 is 2.21 bits per heavy atom. The van der Waals surface area contributed by atoms with E-state index in [2.05, 4.69) is 5.32 Å². The number of ether oxygens (including phenoxy) is 1. The molecule has 4 rings (SSSR count). The van der Waals surface area contributed by atoms with Gasteiger partial charge in [0.05, 0.1) is 24.9 Å². The summed E-state index contributed by atoms with van der Waals surface area (Å²) >= 11 is 0. The summed E-state index contributed by atoms with van der Waals surface area (Å²) in [5.74, 6) is -6.26. The van der Waals surface area contributed by atoms with E-state index in [-0.39, 0.29) is 30.2 Å². The molecule has 3 aromatic rings. The van der Waals surface area contributed by atoms with Crippen molar-refractivity contribution in [2.75, 3.05) is 25.2 Å². The van der Waals surface area contributed by atoms with Gasteiger partial charge in [-0.25, -0.2) is 26.7 Å². The van der Waals surface area contributed by atoms with Crippen LogP contribution in [0, 0.1) is 29.1 Å². The van der Waals surface area contributed by atoms with Crippen LogP contribution in [-0.2, 0) is 13.1 Å². The number of rotatable bonds is 8. The van der Waals surface area contributed by atoms with Crippen LogP contribution in [0.1, 0.15) is 40.0 Å². The molecule has 0 unspecified atom stereocenters. The minimum atomic E-state index is -1.16. The molecule has 0 fully saturated rings. The number of nitrogens with one attached hydrogen (secondary N) is 1. The summed E-state index contributed by atoms with van der Waals surface area (Å²) in [7, 11) is 1.52. The average Bonchev–Trinajstić information content (AvgIpc) is 2.88. The third-order valence-corrected chi connectivity index (χ3v) is 6.47. The summed E-state index contributed by atoms with van der Waals surface area (Å²) in [6.45, 7) is 0.138.